The average molecular weight is 193 g/mol. The maximum absolute atomic E-state index is 6.03. The summed E-state index contributed by atoms with van der Waals surface area (Å²) in [5, 5.41) is 0. The van der Waals surface area contributed by atoms with Crippen molar-refractivity contribution in [3.63, 3.8) is 0 Å². The zero-order valence-electron chi connectivity index (χ0n) is 9.39. The zero-order chi connectivity index (χ0) is 9.97. The minimum Gasteiger partial charge on any atom is -0.327 e. The number of hydrogen-bond acceptors (Lipinski definition) is 1. The monoisotopic (exact) mass is 193 g/mol. The van der Waals surface area contributed by atoms with Crippen LogP contribution in [0.3, 0.4) is 0 Å². The molecular weight excluding hydrogens is 170 g/mol. The largest absolute Gasteiger partial charge is 0.327 e. The molecule has 0 heterocycles. The van der Waals surface area contributed by atoms with Gasteiger partial charge >= 0.3 is 0 Å². The van der Waals surface area contributed by atoms with E-state index in [1.165, 1.54) is 51.4 Å². The van der Waals surface area contributed by atoms with Gasteiger partial charge in [0.2, 0.25) is 0 Å². The van der Waals surface area contributed by atoms with Crippen molar-refractivity contribution in [2.45, 2.75) is 64.3 Å². The van der Waals surface area contributed by atoms with Crippen LogP contribution in [-0.2, 0) is 0 Å². The van der Waals surface area contributed by atoms with E-state index >= 15 is 0 Å². The number of hydrogen-bond donors (Lipinski definition) is 1. The standard InChI is InChI=1S/C13H23N/c1-10-4-2-5-11(8-10)12-6-3-7-13(14)9-12/h10,13H,2-9,14H2,1H3. The molecule has 2 unspecified atom stereocenters. The summed E-state index contributed by atoms with van der Waals surface area (Å²) in [4.78, 5) is 0. The van der Waals surface area contributed by atoms with Crippen molar-refractivity contribution in [3.8, 4) is 0 Å². The Morgan fingerprint density at radius 1 is 1.00 bits per heavy atom. The van der Waals surface area contributed by atoms with Crippen molar-refractivity contribution in [1.29, 1.82) is 0 Å². The summed E-state index contributed by atoms with van der Waals surface area (Å²) >= 11 is 0. The van der Waals surface area contributed by atoms with Crippen molar-refractivity contribution in [2.75, 3.05) is 0 Å². The third-order valence-corrected chi connectivity index (χ3v) is 3.83. The first-order valence-corrected chi connectivity index (χ1v) is 6.21. The molecule has 0 aromatic heterocycles. The molecule has 0 amide bonds. The van der Waals surface area contributed by atoms with Gasteiger partial charge in [0.25, 0.3) is 0 Å². The second-order valence-electron chi connectivity index (χ2n) is 5.27. The molecule has 2 rings (SSSR count). The van der Waals surface area contributed by atoms with E-state index in [-0.39, 0.29) is 0 Å². The van der Waals surface area contributed by atoms with Gasteiger partial charge in [-0.05, 0) is 50.9 Å². The van der Waals surface area contributed by atoms with Gasteiger partial charge in [-0.25, -0.2) is 0 Å². The molecule has 2 atom stereocenters. The molecule has 0 bridgehead atoms. The van der Waals surface area contributed by atoms with E-state index < -0.39 is 0 Å². The van der Waals surface area contributed by atoms with E-state index in [1.807, 2.05) is 0 Å². The Bertz CT molecular complexity index is 205. The SMILES string of the molecule is CC1CCCC(=C2CCCC(N)C2)C1. The fraction of sp³-hybridized carbons (Fsp3) is 0.846. The molecule has 0 radical (unpaired) electrons. The molecule has 0 saturated heterocycles. The van der Waals surface area contributed by atoms with Crippen molar-refractivity contribution in [1.82, 2.24) is 0 Å². The van der Waals surface area contributed by atoms with Crippen LogP contribution in [0.15, 0.2) is 11.1 Å². The summed E-state index contributed by atoms with van der Waals surface area (Å²) < 4.78 is 0. The van der Waals surface area contributed by atoms with Gasteiger partial charge in [-0.1, -0.05) is 24.5 Å². The van der Waals surface area contributed by atoms with Crippen LogP contribution in [0.1, 0.15) is 58.3 Å². The summed E-state index contributed by atoms with van der Waals surface area (Å²) in [6.07, 6.45) is 10.7. The van der Waals surface area contributed by atoms with Crippen LogP contribution in [-0.4, -0.2) is 6.04 Å². The Morgan fingerprint density at radius 2 is 1.64 bits per heavy atom. The average Bonchev–Trinajstić information content (AvgIpc) is 2.18. The molecule has 2 N–H and O–H groups in total. The lowest BCUT2D eigenvalue weighted by Gasteiger charge is -2.28. The van der Waals surface area contributed by atoms with Crippen LogP contribution in [0.5, 0.6) is 0 Å². The summed E-state index contributed by atoms with van der Waals surface area (Å²) in [5.74, 6) is 0.921. The van der Waals surface area contributed by atoms with Crippen LogP contribution in [0.25, 0.3) is 0 Å². The van der Waals surface area contributed by atoms with Gasteiger partial charge in [0, 0.05) is 6.04 Å². The molecule has 80 valence electrons. The van der Waals surface area contributed by atoms with Gasteiger partial charge in [0.15, 0.2) is 0 Å². The van der Waals surface area contributed by atoms with E-state index in [0.717, 1.165) is 5.92 Å². The van der Waals surface area contributed by atoms with E-state index in [4.69, 9.17) is 5.73 Å². The molecular formula is C13H23N. The molecule has 1 nitrogen and oxygen atoms in total. The van der Waals surface area contributed by atoms with Crippen molar-refractivity contribution in [2.24, 2.45) is 11.7 Å². The summed E-state index contributed by atoms with van der Waals surface area (Å²) in [7, 11) is 0. The predicted octanol–water partition coefficient (Wildman–Crippen LogP) is 3.39. The number of rotatable bonds is 0. The quantitative estimate of drug-likeness (QED) is 0.586. The Balaban J connectivity index is 2.04. The first-order chi connectivity index (χ1) is 6.75. The second-order valence-corrected chi connectivity index (χ2v) is 5.27. The highest BCUT2D eigenvalue weighted by Crippen LogP contribution is 2.35. The highest BCUT2D eigenvalue weighted by molar-refractivity contribution is 5.19. The molecule has 0 aliphatic heterocycles. The Morgan fingerprint density at radius 3 is 2.29 bits per heavy atom. The molecule has 0 aromatic carbocycles. The molecule has 2 fully saturated rings. The Hall–Kier alpha value is -0.300. The van der Waals surface area contributed by atoms with E-state index in [2.05, 4.69) is 6.92 Å². The smallest absolute Gasteiger partial charge is 0.00762 e. The molecule has 14 heavy (non-hydrogen) atoms. The van der Waals surface area contributed by atoms with E-state index in [9.17, 15) is 0 Å². The lowest BCUT2D eigenvalue weighted by Crippen LogP contribution is -2.25. The van der Waals surface area contributed by atoms with Gasteiger partial charge in [-0.2, -0.15) is 0 Å². The van der Waals surface area contributed by atoms with Crippen LogP contribution in [0.4, 0.5) is 0 Å². The molecule has 2 aliphatic carbocycles. The minimum atomic E-state index is 0.462. The number of nitrogens with two attached hydrogens (primary N) is 1. The van der Waals surface area contributed by atoms with Crippen molar-refractivity contribution in [3.05, 3.63) is 11.1 Å². The molecule has 0 spiro atoms. The van der Waals surface area contributed by atoms with Crippen LogP contribution >= 0.6 is 0 Å². The zero-order valence-corrected chi connectivity index (χ0v) is 9.39. The topological polar surface area (TPSA) is 26.0 Å². The Kier molecular flexibility index (Phi) is 3.27. The third-order valence-electron chi connectivity index (χ3n) is 3.83. The van der Waals surface area contributed by atoms with Gasteiger partial charge in [-0.3, -0.25) is 0 Å². The predicted molar refractivity (Wildman–Crippen MR) is 61.1 cm³/mol. The fourth-order valence-corrected chi connectivity index (χ4v) is 3.03. The van der Waals surface area contributed by atoms with Crippen molar-refractivity contribution < 1.29 is 0 Å². The van der Waals surface area contributed by atoms with Gasteiger partial charge < -0.3 is 5.73 Å². The third kappa shape index (κ3) is 2.38. The first kappa shape index (κ1) is 10.2. The summed E-state index contributed by atoms with van der Waals surface area (Å²) in [5.41, 5.74) is 9.54. The van der Waals surface area contributed by atoms with Crippen molar-refractivity contribution >= 4 is 0 Å². The molecule has 2 saturated carbocycles. The van der Waals surface area contributed by atoms with E-state index in [1.54, 1.807) is 11.1 Å². The van der Waals surface area contributed by atoms with E-state index in [0.29, 0.717) is 6.04 Å². The van der Waals surface area contributed by atoms with Crippen LogP contribution < -0.4 is 5.73 Å². The molecule has 1 heteroatoms. The highest BCUT2D eigenvalue weighted by atomic mass is 14.6. The molecule has 2 aliphatic rings. The normalized spacial score (nSPS) is 39.9. The maximum Gasteiger partial charge on any atom is 0.00762 e. The van der Waals surface area contributed by atoms with Crippen LogP contribution in [0, 0.1) is 5.92 Å². The Labute approximate surface area is 87.8 Å². The van der Waals surface area contributed by atoms with Crippen LogP contribution in [0.2, 0.25) is 0 Å². The summed E-state index contributed by atoms with van der Waals surface area (Å²) in [6, 6.07) is 0.462. The first-order valence-electron chi connectivity index (χ1n) is 6.21. The van der Waals surface area contributed by atoms with Gasteiger partial charge in [0.1, 0.15) is 0 Å². The molecule has 0 aromatic rings. The highest BCUT2D eigenvalue weighted by Gasteiger charge is 2.20. The number of allylic oxidation sites excluding steroid dienone is 1. The minimum absolute atomic E-state index is 0.462. The second kappa shape index (κ2) is 4.48. The summed E-state index contributed by atoms with van der Waals surface area (Å²) in [6.45, 7) is 2.39. The lowest BCUT2D eigenvalue weighted by atomic mass is 9.79. The maximum atomic E-state index is 6.03. The fourth-order valence-electron chi connectivity index (χ4n) is 3.03. The van der Waals surface area contributed by atoms with Gasteiger partial charge in [-0.15, -0.1) is 0 Å². The lowest BCUT2D eigenvalue weighted by molar-refractivity contribution is 0.435. The van der Waals surface area contributed by atoms with Gasteiger partial charge in [0.05, 0.1) is 0 Å².